The lowest BCUT2D eigenvalue weighted by atomic mass is 9.69. The number of quaternary nitrogens is 1. The molecule has 0 aromatic carbocycles. The van der Waals surface area contributed by atoms with Gasteiger partial charge in [0.25, 0.3) is 0 Å². The van der Waals surface area contributed by atoms with Crippen molar-refractivity contribution in [3.63, 3.8) is 0 Å². The second kappa shape index (κ2) is 12.7. The number of rotatable bonds is 7. The maximum absolute atomic E-state index is 13.3. The summed E-state index contributed by atoms with van der Waals surface area (Å²) >= 11 is 0. The molecular formula is C29H51N4O2+. The van der Waals surface area contributed by atoms with Gasteiger partial charge in [-0.15, -0.1) is 0 Å². The molecule has 198 valence electrons. The van der Waals surface area contributed by atoms with Crippen LogP contribution in [0.15, 0.2) is 11.6 Å². The molecule has 6 heteroatoms. The smallest absolute Gasteiger partial charge is 0.223 e. The van der Waals surface area contributed by atoms with Gasteiger partial charge in [-0.1, -0.05) is 44.8 Å². The van der Waals surface area contributed by atoms with E-state index in [1.165, 1.54) is 50.6 Å². The van der Waals surface area contributed by atoms with E-state index in [2.05, 4.69) is 47.3 Å². The maximum atomic E-state index is 13.3. The topological polar surface area (TPSA) is 69.3 Å². The number of piperazine rings is 1. The molecule has 3 fully saturated rings. The molecule has 2 heterocycles. The number of piperidine rings is 1. The Morgan fingerprint density at radius 3 is 2.40 bits per heavy atom. The maximum Gasteiger partial charge on any atom is 0.223 e. The molecule has 1 saturated carbocycles. The lowest BCUT2D eigenvalue weighted by Crippen LogP contribution is -2.95. The number of nitrogens with zero attached hydrogens (tertiary/aromatic N) is 2. The minimum atomic E-state index is 0.219. The molecule has 35 heavy (non-hydrogen) atoms. The van der Waals surface area contributed by atoms with Crippen molar-refractivity contribution in [3.8, 4) is 0 Å². The zero-order valence-corrected chi connectivity index (χ0v) is 22.6. The number of hydrogen-bond acceptors (Lipinski definition) is 3. The van der Waals surface area contributed by atoms with Crippen molar-refractivity contribution >= 4 is 11.8 Å². The lowest BCUT2D eigenvalue weighted by Gasteiger charge is -2.40. The second-order valence-electron chi connectivity index (χ2n) is 12.2. The predicted octanol–water partition coefficient (Wildman–Crippen LogP) is 3.15. The first kappa shape index (κ1) is 26.7. The molecule has 6 nitrogen and oxygen atoms in total. The standard InChI is InChI=1S/C29H50N4O2/c1-21(2)26-18-24(22(3)17-25(26)20-31-29(35)23-9-5-4-6-10-23)19-28(34)33-15-13-32(14-16-33)27-11-7-8-12-30-27/h17,21,23-27,30H,4-16,18-20H2,1-3H3,(H,31,35)/p+1. The molecule has 2 aliphatic heterocycles. The Labute approximate surface area is 213 Å². The van der Waals surface area contributed by atoms with E-state index in [1.807, 2.05) is 0 Å². The summed E-state index contributed by atoms with van der Waals surface area (Å²) in [6.45, 7) is 12.6. The van der Waals surface area contributed by atoms with Crippen molar-refractivity contribution < 1.29 is 14.9 Å². The Bertz CT molecular complexity index is 731. The molecule has 4 unspecified atom stereocenters. The molecule has 0 aromatic rings. The van der Waals surface area contributed by atoms with Crippen LogP contribution in [-0.4, -0.2) is 67.0 Å². The number of carbonyl (C=O) groups is 2. The molecule has 2 amide bonds. The summed E-state index contributed by atoms with van der Waals surface area (Å²) in [7, 11) is 0. The van der Waals surface area contributed by atoms with Gasteiger partial charge in [0.15, 0.2) is 0 Å². The highest BCUT2D eigenvalue weighted by molar-refractivity contribution is 5.78. The predicted molar refractivity (Wildman–Crippen MR) is 140 cm³/mol. The Kier molecular flexibility index (Phi) is 9.68. The van der Waals surface area contributed by atoms with E-state index in [-0.39, 0.29) is 11.8 Å². The number of hydrogen-bond donors (Lipinski definition) is 2. The lowest BCUT2D eigenvalue weighted by molar-refractivity contribution is -0.717. The zero-order valence-electron chi connectivity index (χ0n) is 22.6. The summed E-state index contributed by atoms with van der Waals surface area (Å²) in [6.07, 6.45) is 14.5. The molecule has 4 atom stereocenters. The van der Waals surface area contributed by atoms with E-state index in [9.17, 15) is 9.59 Å². The molecule has 0 bridgehead atoms. The Hall–Kier alpha value is -1.40. The van der Waals surface area contributed by atoms with Gasteiger partial charge in [-0.2, -0.15) is 0 Å². The van der Waals surface area contributed by atoms with E-state index in [4.69, 9.17) is 0 Å². The average Bonchev–Trinajstić information content (AvgIpc) is 2.89. The van der Waals surface area contributed by atoms with E-state index in [1.54, 1.807) is 0 Å². The van der Waals surface area contributed by atoms with Crippen LogP contribution in [0, 0.1) is 29.6 Å². The third-order valence-corrected chi connectivity index (χ3v) is 9.52. The summed E-state index contributed by atoms with van der Waals surface area (Å²) in [5.74, 6) is 2.60. The van der Waals surface area contributed by atoms with Gasteiger partial charge in [-0.3, -0.25) is 14.5 Å². The molecule has 2 saturated heterocycles. The number of nitrogens with two attached hydrogens (primary N) is 1. The van der Waals surface area contributed by atoms with Crippen LogP contribution in [0.3, 0.4) is 0 Å². The molecule has 4 rings (SSSR count). The van der Waals surface area contributed by atoms with Crippen molar-refractivity contribution in [3.05, 3.63) is 11.6 Å². The van der Waals surface area contributed by atoms with Crippen LogP contribution in [-0.2, 0) is 9.59 Å². The molecule has 0 radical (unpaired) electrons. The summed E-state index contributed by atoms with van der Waals surface area (Å²) in [4.78, 5) is 30.7. The van der Waals surface area contributed by atoms with Crippen LogP contribution in [0.25, 0.3) is 0 Å². The third kappa shape index (κ3) is 7.09. The molecule has 2 aliphatic carbocycles. The van der Waals surface area contributed by atoms with Crippen molar-refractivity contribution in [2.24, 2.45) is 29.6 Å². The average molecular weight is 488 g/mol. The van der Waals surface area contributed by atoms with Crippen molar-refractivity contribution in [2.75, 3.05) is 39.3 Å². The normalized spacial score (nSPS) is 31.3. The van der Waals surface area contributed by atoms with Gasteiger partial charge in [-0.25, -0.2) is 0 Å². The first-order valence-electron chi connectivity index (χ1n) is 14.7. The molecule has 4 aliphatic rings. The highest BCUT2D eigenvalue weighted by Crippen LogP contribution is 2.39. The Morgan fingerprint density at radius 2 is 1.74 bits per heavy atom. The second-order valence-corrected chi connectivity index (χ2v) is 12.2. The van der Waals surface area contributed by atoms with Gasteiger partial charge in [0, 0.05) is 51.5 Å². The Balaban J connectivity index is 1.28. The van der Waals surface area contributed by atoms with Crippen molar-refractivity contribution in [1.29, 1.82) is 0 Å². The fraction of sp³-hybridized carbons (Fsp3) is 0.862. The van der Waals surface area contributed by atoms with Crippen LogP contribution in [0.5, 0.6) is 0 Å². The van der Waals surface area contributed by atoms with Gasteiger partial charge in [0.2, 0.25) is 11.8 Å². The van der Waals surface area contributed by atoms with Crippen LogP contribution >= 0.6 is 0 Å². The van der Waals surface area contributed by atoms with Crippen LogP contribution < -0.4 is 10.6 Å². The van der Waals surface area contributed by atoms with Gasteiger partial charge in [0.05, 0.1) is 6.54 Å². The van der Waals surface area contributed by atoms with Gasteiger partial charge in [0.1, 0.15) is 6.17 Å². The number of nitrogens with one attached hydrogen (secondary N) is 1. The fourth-order valence-electron chi connectivity index (χ4n) is 7.14. The molecular weight excluding hydrogens is 436 g/mol. The molecule has 0 spiro atoms. The van der Waals surface area contributed by atoms with E-state index >= 15 is 0 Å². The minimum Gasteiger partial charge on any atom is -0.355 e. The highest BCUT2D eigenvalue weighted by Gasteiger charge is 2.35. The first-order chi connectivity index (χ1) is 16.9. The summed E-state index contributed by atoms with van der Waals surface area (Å²) < 4.78 is 0. The quantitative estimate of drug-likeness (QED) is 0.542. The fourth-order valence-corrected chi connectivity index (χ4v) is 7.14. The van der Waals surface area contributed by atoms with Gasteiger partial charge >= 0.3 is 0 Å². The monoisotopic (exact) mass is 487 g/mol. The molecule has 0 aromatic heterocycles. The highest BCUT2D eigenvalue weighted by atomic mass is 16.2. The van der Waals surface area contributed by atoms with Crippen molar-refractivity contribution in [2.45, 2.75) is 91.1 Å². The number of carbonyl (C=O) groups excluding carboxylic acids is 2. The first-order valence-corrected chi connectivity index (χ1v) is 14.7. The van der Waals surface area contributed by atoms with Gasteiger partial charge in [-0.05, 0) is 62.7 Å². The van der Waals surface area contributed by atoms with Crippen molar-refractivity contribution in [1.82, 2.24) is 15.1 Å². The van der Waals surface area contributed by atoms with Crippen LogP contribution in [0.4, 0.5) is 0 Å². The SMILES string of the molecule is CC1=CC(CNC(=O)C2CCCCC2)C(C(C)C)CC1CC(=O)N1CCN(C2CCCC[NH2+]2)CC1. The summed E-state index contributed by atoms with van der Waals surface area (Å²) in [5, 5.41) is 5.80. The van der Waals surface area contributed by atoms with Crippen LogP contribution in [0.1, 0.15) is 85.0 Å². The largest absolute Gasteiger partial charge is 0.355 e. The van der Waals surface area contributed by atoms with E-state index < -0.39 is 0 Å². The number of allylic oxidation sites excluding steroid dienone is 1. The number of amides is 2. The summed E-state index contributed by atoms with van der Waals surface area (Å²) in [6, 6.07) is 0. The van der Waals surface area contributed by atoms with Gasteiger partial charge < -0.3 is 15.5 Å². The van der Waals surface area contributed by atoms with Crippen LogP contribution in [0.2, 0.25) is 0 Å². The summed E-state index contributed by atoms with van der Waals surface area (Å²) in [5.41, 5.74) is 1.35. The third-order valence-electron chi connectivity index (χ3n) is 9.52. The van der Waals surface area contributed by atoms with E-state index in [0.717, 1.165) is 52.0 Å². The van der Waals surface area contributed by atoms with E-state index in [0.29, 0.717) is 42.2 Å². The zero-order chi connectivity index (χ0) is 24.8. The Morgan fingerprint density at radius 1 is 1.03 bits per heavy atom. The minimum absolute atomic E-state index is 0.219. The molecule has 3 N–H and O–H groups in total.